The first-order chi connectivity index (χ1) is 10.3. The maximum Gasteiger partial charge on any atom is 0.253 e. The van der Waals surface area contributed by atoms with Crippen LogP contribution in [0, 0.1) is 0 Å². The van der Waals surface area contributed by atoms with Crippen molar-refractivity contribution in [1.29, 1.82) is 0 Å². The Hall–Kier alpha value is -1.11. The molecule has 7 heteroatoms. The van der Waals surface area contributed by atoms with Crippen LogP contribution in [0.3, 0.4) is 0 Å². The molecule has 2 unspecified atom stereocenters. The first-order valence-corrected chi connectivity index (χ1v) is 9.53. The van der Waals surface area contributed by atoms with Crippen LogP contribution in [0.15, 0.2) is 23.1 Å². The molecule has 0 bridgehead atoms. The number of carbonyl (C=O) groups is 1. The third kappa shape index (κ3) is 2.75. The van der Waals surface area contributed by atoms with E-state index in [0.29, 0.717) is 0 Å². The molecule has 1 N–H and O–H groups in total. The Morgan fingerprint density at radius 1 is 1.41 bits per heavy atom. The van der Waals surface area contributed by atoms with Crippen molar-refractivity contribution in [1.82, 2.24) is 5.32 Å². The van der Waals surface area contributed by atoms with Crippen LogP contribution in [0.1, 0.15) is 36.0 Å². The maximum absolute atomic E-state index is 12.4. The number of nitrogens with one attached hydrogen (secondary N) is 1. The lowest BCUT2D eigenvalue weighted by Gasteiger charge is -2.46. The van der Waals surface area contributed by atoms with Gasteiger partial charge in [-0.2, -0.15) is 0 Å². The molecule has 1 amide bonds. The fourth-order valence-corrected chi connectivity index (χ4v) is 4.13. The van der Waals surface area contributed by atoms with Crippen molar-refractivity contribution < 1.29 is 17.9 Å². The molecule has 22 heavy (non-hydrogen) atoms. The Morgan fingerprint density at radius 2 is 2.18 bits per heavy atom. The van der Waals surface area contributed by atoms with E-state index in [4.69, 9.17) is 16.3 Å². The van der Waals surface area contributed by atoms with Crippen LogP contribution in [-0.4, -0.2) is 38.8 Å². The number of rotatable bonds is 3. The minimum atomic E-state index is -3.34. The van der Waals surface area contributed by atoms with Crippen LogP contribution in [0.25, 0.3) is 0 Å². The van der Waals surface area contributed by atoms with Crippen molar-refractivity contribution in [2.45, 2.75) is 42.2 Å². The Bertz CT molecular complexity index is 710. The molecule has 1 aliphatic carbocycles. The molecule has 1 aromatic rings. The number of hydrogen-bond acceptors (Lipinski definition) is 4. The third-order valence-corrected chi connectivity index (χ3v) is 5.97. The highest BCUT2D eigenvalue weighted by Gasteiger charge is 2.50. The zero-order valence-electron chi connectivity index (χ0n) is 12.3. The molecule has 5 nitrogen and oxygen atoms in total. The molecule has 2 fully saturated rings. The van der Waals surface area contributed by atoms with Crippen LogP contribution >= 0.6 is 11.6 Å². The molecule has 120 valence electrons. The summed E-state index contributed by atoms with van der Waals surface area (Å²) in [4.78, 5) is 12.5. The summed E-state index contributed by atoms with van der Waals surface area (Å²) in [6, 6.07) is 4.18. The molecule has 1 aliphatic heterocycles. The molecular formula is C15H18ClNO4S. The van der Waals surface area contributed by atoms with Crippen molar-refractivity contribution in [2.75, 3.05) is 12.9 Å². The average molecular weight is 344 g/mol. The van der Waals surface area contributed by atoms with E-state index in [1.807, 2.05) is 0 Å². The average Bonchev–Trinajstić information content (AvgIpc) is 2.94. The molecule has 3 rings (SSSR count). The van der Waals surface area contributed by atoms with Crippen LogP contribution in [0.5, 0.6) is 0 Å². The van der Waals surface area contributed by atoms with E-state index in [1.54, 1.807) is 0 Å². The molecule has 2 aliphatic rings. The van der Waals surface area contributed by atoms with Gasteiger partial charge in [0.15, 0.2) is 9.84 Å². The van der Waals surface area contributed by atoms with Crippen LogP contribution < -0.4 is 5.32 Å². The van der Waals surface area contributed by atoms with E-state index in [0.717, 1.165) is 38.5 Å². The summed E-state index contributed by atoms with van der Waals surface area (Å²) in [6.45, 7) is 0.746. The number of ether oxygens (including phenoxy) is 1. The third-order valence-electron chi connectivity index (χ3n) is 4.54. The fraction of sp³-hybridized carbons (Fsp3) is 0.533. The molecule has 1 aromatic carbocycles. The smallest absolute Gasteiger partial charge is 0.253 e. The number of benzene rings is 1. The molecule has 1 heterocycles. The summed E-state index contributed by atoms with van der Waals surface area (Å²) in [5.74, 6) is -0.287. The van der Waals surface area contributed by atoms with Crippen molar-refractivity contribution in [3.63, 3.8) is 0 Å². The summed E-state index contributed by atoms with van der Waals surface area (Å²) in [5, 5.41) is 3.11. The van der Waals surface area contributed by atoms with Crippen LogP contribution in [0.2, 0.25) is 5.02 Å². The van der Waals surface area contributed by atoms with Crippen LogP contribution in [-0.2, 0) is 14.6 Å². The highest BCUT2D eigenvalue weighted by molar-refractivity contribution is 7.90. The van der Waals surface area contributed by atoms with Gasteiger partial charge < -0.3 is 10.1 Å². The number of hydrogen-bond donors (Lipinski definition) is 1. The maximum atomic E-state index is 12.4. The zero-order chi connectivity index (χ0) is 16.0. The lowest BCUT2D eigenvalue weighted by molar-refractivity contribution is -0.0831. The largest absolute Gasteiger partial charge is 0.373 e. The molecule has 0 radical (unpaired) electrons. The topological polar surface area (TPSA) is 72.5 Å². The lowest BCUT2D eigenvalue weighted by atomic mass is 9.73. The fourth-order valence-electron chi connectivity index (χ4n) is 3.15. The minimum Gasteiger partial charge on any atom is -0.373 e. The van der Waals surface area contributed by atoms with Gasteiger partial charge >= 0.3 is 0 Å². The minimum absolute atomic E-state index is 0.00755. The lowest BCUT2D eigenvalue weighted by Crippen LogP contribution is -2.59. The predicted octanol–water partition coefficient (Wildman–Crippen LogP) is 2.18. The van der Waals surface area contributed by atoms with Crippen LogP contribution in [0.4, 0.5) is 0 Å². The molecule has 0 aromatic heterocycles. The number of carbonyl (C=O) groups excluding carboxylic acids is 1. The van der Waals surface area contributed by atoms with Gasteiger partial charge in [-0.3, -0.25) is 4.79 Å². The van der Waals surface area contributed by atoms with Gasteiger partial charge in [-0.1, -0.05) is 11.6 Å². The van der Waals surface area contributed by atoms with Gasteiger partial charge in [0.05, 0.1) is 27.1 Å². The Labute approximate surface area is 134 Å². The van der Waals surface area contributed by atoms with Gasteiger partial charge in [0.1, 0.15) is 0 Å². The van der Waals surface area contributed by atoms with E-state index >= 15 is 0 Å². The summed E-state index contributed by atoms with van der Waals surface area (Å²) in [5.41, 5.74) is 0.0866. The Kier molecular flexibility index (Phi) is 3.95. The monoisotopic (exact) mass is 343 g/mol. The highest BCUT2D eigenvalue weighted by atomic mass is 35.5. The van der Waals surface area contributed by atoms with Gasteiger partial charge in [-0.15, -0.1) is 0 Å². The standard InChI is InChI=1S/C15H18ClNO4S/c1-22(19,20)10-3-4-11(12(16)9-10)14(18)17-13-5-7-15(13)6-2-8-21-15/h3-4,9,13H,2,5-8H2,1H3,(H,17,18). The molecule has 2 atom stereocenters. The first-order valence-electron chi connectivity index (χ1n) is 7.26. The summed E-state index contributed by atoms with van der Waals surface area (Å²) < 4.78 is 28.8. The second kappa shape index (κ2) is 5.51. The zero-order valence-corrected chi connectivity index (χ0v) is 13.8. The second-order valence-corrected chi connectivity index (χ2v) is 8.42. The van der Waals surface area contributed by atoms with Crippen molar-refractivity contribution >= 4 is 27.3 Å². The Balaban J connectivity index is 1.76. The number of amides is 1. The molecule has 1 saturated carbocycles. The molecular weight excluding hydrogens is 326 g/mol. The van der Waals surface area contributed by atoms with Crippen molar-refractivity contribution in [3.8, 4) is 0 Å². The van der Waals surface area contributed by atoms with Gasteiger partial charge in [-0.25, -0.2) is 8.42 Å². The predicted molar refractivity (Wildman–Crippen MR) is 83.0 cm³/mol. The van der Waals surface area contributed by atoms with Gasteiger partial charge in [-0.05, 0) is 43.9 Å². The van der Waals surface area contributed by atoms with Crippen molar-refractivity contribution in [3.05, 3.63) is 28.8 Å². The van der Waals surface area contributed by atoms with Gasteiger partial charge in [0.25, 0.3) is 5.91 Å². The first kappa shape index (κ1) is 15.8. The quantitative estimate of drug-likeness (QED) is 0.913. The highest BCUT2D eigenvalue weighted by Crippen LogP contribution is 2.43. The number of sulfone groups is 1. The van der Waals surface area contributed by atoms with E-state index in [9.17, 15) is 13.2 Å². The summed E-state index contributed by atoms with van der Waals surface area (Å²) >= 11 is 6.07. The van der Waals surface area contributed by atoms with E-state index in [2.05, 4.69) is 5.32 Å². The Morgan fingerprint density at radius 3 is 2.68 bits per heavy atom. The normalized spacial score (nSPS) is 27.6. The van der Waals surface area contributed by atoms with Crippen molar-refractivity contribution in [2.24, 2.45) is 0 Å². The van der Waals surface area contributed by atoms with E-state index in [1.165, 1.54) is 18.2 Å². The molecule has 1 saturated heterocycles. The summed E-state index contributed by atoms with van der Waals surface area (Å²) in [6.07, 6.45) is 4.96. The SMILES string of the molecule is CS(=O)(=O)c1ccc(C(=O)NC2CCC23CCCO3)c(Cl)c1. The summed E-state index contributed by atoms with van der Waals surface area (Å²) in [7, 11) is -3.34. The van der Waals surface area contributed by atoms with Gasteiger partial charge in [0.2, 0.25) is 0 Å². The second-order valence-electron chi connectivity index (χ2n) is 6.00. The van der Waals surface area contributed by atoms with E-state index in [-0.39, 0.29) is 33.0 Å². The molecule has 1 spiro atoms. The van der Waals surface area contributed by atoms with Gasteiger partial charge in [0, 0.05) is 12.9 Å². The number of halogens is 1. The van der Waals surface area contributed by atoms with E-state index < -0.39 is 9.84 Å².